The van der Waals surface area contributed by atoms with Crippen LogP contribution in [-0.2, 0) is 6.42 Å². The summed E-state index contributed by atoms with van der Waals surface area (Å²) >= 11 is 0. The molecule has 4 nitrogen and oxygen atoms in total. The summed E-state index contributed by atoms with van der Waals surface area (Å²) in [6.45, 7) is 2.25. The first-order chi connectivity index (χ1) is 10.9. The van der Waals surface area contributed by atoms with Gasteiger partial charge >= 0.3 is 0 Å². The van der Waals surface area contributed by atoms with Crippen molar-refractivity contribution in [2.24, 2.45) is 5.92 Å². The predicted molar refractivity (Wildman–Crippen MR) is 86.5 cm³/mol. The van der Waals surface area contributed by atoms with Crippen LogP contribution >= 0.6 is 0 Å². The van der Waals surface area contributed by atoms with E-state index in [0.29, 0.717) is 5.82 Å². The predicted octanol–water partition coefficient (Wildman–Crippen LogP) is 3.43. The lowest BCUT2D eigenvalue weighted by Crippen LogP contribution is -2.09. The number of fused-ring (bicyclic) bond motifs is 1. The molecule has 0 radical (unpaired) electrons. The van der Waals surface area contributed by atoms with Gasteiger partial charge in [0.05, 0.1) is 0 Å². The largest absolute Gasteiger partial charge is 0.339 e. The number of aryl methyl sites for hydroxylation is 1. The van der Waals surface area contributed by atoms with Gasteiger partial charge in [-0.3, -0.25) is 0 Å². The van der Waals surface area contributed by atoms with Gasteiger partial charge in [0.25, 0.3) is 0 Å². The lowest BCUT2D eigenvalue weighted by molar-refractivity contribution is 0.365. The number of hydrogen-bond acceptors (Lipinski definition) is 4. The van der Waals surface area contributed by atoms with Crippen LogP contribution in [0.4, 0.5) is 0 Å². The highest BCUT2D eigenvalue weighted by Crippen LogP contribution is 2.26. The number of hydrogen-bond donors (Lipinski definition) is 1. The maximum atomic E-state index is 5.45. The zero-order valence-electron chi connectivity index (χ0n) is 12.5. The van der Waals surface area contributed by atoms with Crippen molar-refractivity contribution in [1.82, 2.24) is 15.5 Å². The van der Waals surface area contributed by atoms with Gasteiger partial charge in [-0.1, -0.05) is 47.6 Å². The standard InChI is InChI=1S/C18H19N3O/c1-2-6-15-14(4-1)5-3-7-16(15)18-20-17(22-21-18)9-8-13-10-11-19-12-13/h1-7,13,19H,8-12H2. The van der Waals surface area contributed by atoms with Crippen molar-refractivity contribution in [2.75, 3.05) is 13.1 Å². The Bertz CT molecular complexity index is 769. The molecule has 1 aliphatic heterocycles. The van der Waals surface area contributed by atoms with E-state index in [4.69, 9.17) is 4.52 Å². The molecule has 1 saturated heterocycles. The van der Waals surface area contributed by atoms with Gasteiger partial charge in [-0.25, -0.2) is 0 Å². The molecule has 0 saturated carbocycles. The Kier molecular flexibility index (Phi) is 3.60. The summed E-state index contributed by atoms with van der Waals surface area (Å²) in [5.74, 6) is 2.18. The molecule has 1 aliphatic rings. The first-order valence-corrected chi connectivity index (χ1v) is 7.91. The Labute approximate surface area is 129 Å². The van der Waals surface area contributed by atoms with Gasteiger partial charge in [-0.05, 0) is 42.6 Å². The lowest BCUT2D eigenvalue weighted by atomic mass is 10.0. The molecule has 0 aliphatic carbocycles. The zero-order chi connectivity index (χ0) is 14.8. The van der Waals surface area contributed by atoms with Crippen LogP contribution in [0.3, 0.4) is 0 Å². The van der Waals surface area contributed by atoms with Crippen LogP contribution in [0, 0.1) is 5.92 Å². The maximum absolute atomic E-state index is 5.45. The summed E-state index contributed by atoms with van der Waals surface area (Å²) in [6, 6.07) is 14.5. The van der Waals surface area contributed by atoms with E-state index >= 15 is 0 Å². The van der Waals surface area contributed by atoms with Gasteiger partial charge in [0.2, 0.25) is 11.7 Å². The average molecular weight is 293 g/mol. The monoisotopic (exact) mass is 293 g/mol. The minimum Gasteiger partial charge on any atom is -0.339 e. The fourth-order valence-corrected chi connectivity index (χ4v) is 3.17. The SMILES string of the molecule is c1ccc2c(-c3noc(CCC4CCNC4)n3)cccc2c1. The maximum Gasteiger partial charge on any atom is 0.226 e. The number of benzene rings is 2. The van der Waals surface area contributed by atoms with E-state index in [9.17, 15) is 0 Å². The van der Waals surface area contributed by atoms with Gasteiger partial charge in [0.15, 0.2) is 0 Å². The van der Waals surface area contributed by atoms with Crippen LogP contribution in [0.2, 0.25) is 0 Å². The van der Waals surface area contributed by atoms with E-state index in [1.165, 1.54) is 11.8 Å². The normalized spacial score (nSPS) is 18.1. The van der Waals surface area contributed by atoms with Crippen molar-refractivity contribution in [1.29, 1.82) is 0 Å². The Morgan fingerprint density at radius 1 is 1.14 bits per heavy atom. The Hall–Kier alpha value is -2.20. The van der Waals surface area contributed by atoms with Crippen LogP contribution in [0.1, 0.15) is 18.7 Å². The topological polar surface area (TPSA) is 51.0 Å². The van der Waals surface area contributed by atoms with Crippen LogP contribution < -0.4 is 5.32 Å². The minimum atomic E-state index is 0.691. The van der Waals surface area contributed by atoms with Crippen molar-refractivity contribution in [3.8, 4) is 11.4 Å². The number of rotatable bonds is 4. The minimum absolute atomic E-state index is 0.691. The quantitative estimate of drug-likeness (QED) is 0.800. The van der Waals surface area contributed by atoms with E-state index in [-0.39, 0.29) is 0 Å². The van der Waals surface area contributed by atoms with Crippen LogP contribution in [0.5, 0.6) is 0 Å². The van der Waals surface area contributed by atoms with Crippen molar-refractivity contribution < 1.29 is 4.52 Å². The third kappa shape index (κ3) is 2.62. The third-order valence-electron chi connectivity index (χ3n) is 4.43. The number of nitrogens with one attached hydrogen (secondary N) is 1. The summed E-state index contributed by atoms with van der Waals surface area (Å²) < 4.78 is 5.45. The van der Waals surface area contributed by atoms with Gasteiger partial charge in [-0.2, -0.15) is 4.98 Å². The van der Waals surface area contributed by atoms with E-state index in [1.54, 1.807) is 0 Å². The summed E-state index contributed by atoms with van der Waals surface area (Å²) in [6.07, 6.45) is 3.23. The molecular formula is C18H19N3O. The lowest BCUT2D eigenvalue weighted by Gasteiger charge is -2.04. The van der Waals surface area contributed by atoms with Crippen molar-refractivity contribution in [3.63, 3.8) is 0 Å². The van der Waals surface area contributed by atoms with E-state index in [1.807, 2.05) is 18.2 Å². The molecule has 4 heteroatoms. The second-order valence-corrected chi connectivity index (χ2v) is 5.94. The second kappa shape index (κ2) is 5.89. The summed E-state index contributed by atoms with van der Waals surface area (Å²) in [7, 11) is 0. The second-order valence-electron chi connectivity index (χ2n) is 5.94. The molecule has 1 aromatic heterocycles. The van der Waals surface area contributed by atoms with Crippen LogP contribution in [-0.4, -0.2) is 23.2 Å². The first kappa shape index (κ1) is 13.5. The Balaban J connectivity index is 1.57. The Morgan fingerprint density at radius 3 is 2.95 bits per heavy atom. The first-order valence-electron chi connectivity index (χ1n) is 7.91. The fourth-order valence-electron chi connectivity index (χ4n) is 3.17. The van der Waals surface area contributed by atoms with Gasteiger partial charge in [0, 0.05) is 12.0 Å². The number of aromatic nitrogens is 2. The highest BCUT2D eigenvalue weighted by atomic mass is 16.5. The molecule has 1 atom stereocenters. The summed E-state index contributed by atoms with van der Waals surface area (Å²) in [5.41, 5.74) is 1.04. The molecule has 22 heavy (non-hydrogen) atoms. The van der Waals surface area contributed by atoms with E-state index in [2.05, 4.69) is 39.7 Å². The molecule has 2 heterocycles. The molecule has 4 rings (SSSR count). The fraction of sp³-hybridized carbons (Fsp3) is 0.333. The van der Waals surface area contributed by atoms with Crippen LogP contribution in [0.25, 0.3) is 22.2 Å². The van der Waals surface area contributed by atoms with Crippen molar-refractivity contribution in [3.05, 3.63) is 48.4 Å². The number of nitrogens with zero attached hydrogens (tertiary/aromatic N) is 2. The highest BCUT2D eigenvalue weighted by Gasteiger charge is 2.17. The summed E-state index contributed by atoms with van der Waals surface area (Å²) in [5, 5.41) is 9.93. The molecule has 112 valence electrons. The molecule has 2 aromatic carbocycles. The van der Waals surface area contributed by atoms with Crippen molar-refractivity contribution in [2.45, 2.75) is 19.3 Å². The molecular weight excluding hydrogens is 274 g/mol. The zero-order valence-corrected chi connectivity index (χ0v) is 12.5. The highest BCUT2D eigenvalue weighted by molar-refractivity contribution is 5.94. The van der Waals surface area contributed by atoms with Gasteiger partial charge in [-0.15, -0.1) is 0 Å². The molecule has 0 amide bonds. The van der Waals surface area contributed by atoms with Gasteiger partial charge in [0.1, 0.15) is 0 Å². The third-order valence-corrected chi connectivity index (χ3v) is 4.43. The molecule has 3 aromatic rings. The Morgan fingerprint density at radius 2 is 2.05 bits per heavy atom. The van der Waals surface area contributed by atoms with Crippen LogP contribution in [0.15, 0.2) is 47.0 Å². The molecule has 1 fully saturated rings. The molecule has 1 N–H and O–H groups in total. The molecule has 0 spiro atoms. The smallest absolute Gasteiger partial charge is 0.226 e. The van der Waals surface area contributed by atoms with E-state index in [0.717, 1.165) is 48.7 Å². The molecule has 1 unspecified atom stereocenters. The molecule has 0 bridgehead atoms. The van der Waals surface area contributed by atoms with E-state index < -0.39 is 0 Å². The van der Waals surface area contributed by atoms with Crippen molar-refractivity contribution >= 4 is 10.8 Å². The van der Waals surface area contributed by atoms with Gasteiger partial charge < -0.3 is 9.84 Å². The summed E-state index contributed by atoms with van der Waals surface area (Å²) in [4.78, 5) is 4.59. The average Bonchev–Trinajstić information content (AvgIpc) is 3.24.